The van der Waals surface area contributed by atoms with Crippen molar-refractivity contribution < 1.29 is 9.59 Å². The SMILES string of the molecule is CCC(C)C(CCC1CC1)C(=O)C=O. The average Bonchev–Trinajstić information content (AvgIpc) is 3.00. The van der Waals surface area contributed by atoms with Crippen molar-refractivity contribution in [3.63, 3.8) is 0 Å². The van der Waals surface area contributed by atoms with E-state index >= 15 is 0 Å². The van der Waals surface area contributed by atoms with Gasteiger partial charge in [0.15, 0.2) is 12.1 Å². The average molecular weight is 196 g/mol. The fourth-order valence-electron chi connectivity index (χ4n) is 1.90. The first-order chi connectivity index (χ1) is 6.69. The van der Waals surface area contributed by atoms with E-state index in [4.69, 9.17) is 0 Å². The Bertz CT molecular complexity index is 206. The van der Waals surface area contributed by atoms with Crippen molar-refractivity contribution in [2.75, 3.05) is 0 Å². The van der Waals surface area contributed by atoms with Crippen LogP contribution in [0, 0.1) is 17.8 Å². The van der Waals surface area contributed by atoms with Crippen molar-refractivity contribution in [2.45, 2.75) is 46.0 Å². The summed E-state index contributed by atoms with van der Waals surface area (Å²) in [7, 11) is 0. The van der Waals surface area contributed by atoms with Crippen LogP contribution in [0.15, 0.2) is 0 Å². The van der Waals surface area contributed by atoms with Crippen LogP contribution in [0.5, 0.6) is 0 Å². The Morgan fingerprint density at radius 1 is 1.50 bits per heavy atom. The molecule has 1 saturated carbocycles. The van der Waals surface area contributed by atoms with Crippen LogP contribution in [0.1, 0.15) is 46.0 Å². The lowest BCUT2D eigenvalue weighted by molar-refractivity contribution is -0.133. The van der Waals surface area contributed by atoms with Gasteiger partial charge in [-0.25, -0.2) is 0 Å². The molecule has 0 aromatic carbocycles. The molecule has 0 N–H and O–H groups in total. The van der Waals surface area contributed by atoms with Gasteiger partial charge in [0.2, 0.25) is 0 Å². The zero-order valence-corrected chi connectivity index (χ0v) is 9.16. The summed E-state index contributed by atoms with van der Waals surface area (Å²) in [6.07, 6.45) is 6.18. The van der Waals surface area contributed by atoms with Gasteiger partial charge in [-0.2, -0.15) is 0 Å². The molecule has 80 valence electrons. The van der Waals surface area contributed by atoms with E-state index in [0.29, 0.717) is 12.2 Å². The molecule has 0 radical (unpaired) electrons. The van der Waals surface area contributed by atoms with Crippen LogP contribution in [-0.2, 0) is 9.59 Å². The summed E-state index contributed by atoms with van der Waals surface area (Å²) in [5.41, 5.74) is 0. The standard InChI is InChI=1S/C12H20O2/c1-3-9(2)11(12(14)8-13)7-6-10-4-5-10/h8-11H,3-7H2,1-2H3. The minimum atomic E-state index is -0.194. The van der Waals surface area contributed by atoms with Crippen molar-refractivity contribution in [1.82, 2.24) is 0 Å². The molecule has 0 bridgehead atoms. The molecule has 2 heteroatoms. The molecule has 1 fully saturated rings. The molecule has 0 aromatic heterocycles. The predicted molar refractivity (Wildman–Crippen MR) is 56.0 cm³/mol. The highest BCUT2D eigenvalue weighted by molar-refractivity contribution is 6.26. The fourth-order valence-corrected chi connectivity index (χ4v) is 1.90. The number of Topliss-reactive ketones (excluding diaryl/α,β-unsaturated/α-hetero) is 1. The molecule has 0 saturated heterocycles. The van der Waals surface area contributed by atoms with Gasteiger partial charge in [0.25, 0.3) is 0 Å². The second kappa shape index (κ2) is 5.28. The quantitative estimate of drug-likeness (QED) is 0.463. The van der Waals surface area contributed by atoms with Gasteiger partial charge in [-0.15, -0.1) is 0 Å². The number of aldehydes is 1. The third-order valence-electron chi connectivity index (χ3n) is 3.40. The van der Waals surface area contributed by atoms with E-state index in [1.807, 2.05) is 0 Å². The Labute approximate surface area is 86.1 Å². The maximum Gasteiger partial charge on any atom is 0.198 e. The number of carbonyl (C=O) groups excluding carboxylic acids is 2. The normalized spacial score (nSPS) is 20.1. The molecule has 2 nitrogen and oxygen atoms in total. The summed E-state index contributed by atoms with van der Waals surface area (Å²) >= 11 is 0. The predicted octanol–water partition coefficient (Wildman–Crippen LogP) is 2.61. The Morgan fingerprint density at radius 3 is 2.57 bits per heavy atom. The maximum absolute atomic E-state index is 11.4. The lowest BCUT2D eigenvalue weighted by atomic mass is 9.84. The van der Waals surface area contributed by atoms with Gasteiger partial charge in [0, 0.05) is 5.92 Å². The third kappa shape index (κ3) is 3.24. The van der Waals surface area contributed by atoms with Gasteiger partial charge in [-0.05, 0) is 24.7 Å². The summed E-state index contributed by atoms with van der Waals surface area (Å²) in [5, 5.41) is 0. The van der Waals surface area contributed by atoms with Crippen LogP contribution in [-0.4, -0.2) is 12.1 Å². The molecule has 0 heterocycles. The van der Waals surface area contributed by atoms with Crippen LogP contribution in [0.2, 0.25) is 0 Å². The van der Waals surface area contributed by atoms with Crippen LogP contribution in [0.3, 0.4) is 0 Å². The Morgan fingerprint density at radius 2 is 2.14 bits per heavy atom. The minimum absolute atomic E-state index is 0.0156. The number of carbonyl (C=O) groups is 2. The van der Waals surface area contributed by atoms with Crippen molar-refractivity contribution in [2.24, 2.45) is 17.8 Å². The van der Waals surface area contributed by atoms with E-state index in [-0.39, 0.29) is 11.7 Å². The van der Waals surface area contributed by atoms with E-state index in [1.54, 1.807) is 0 Å². The smallest absolute Gasteiger partial charge is 0.198 e. The highest BCUT2D eigenvalue weighted by Gasteiger charge is 2.27. The van der Waals surface area contributed by atoms with Gasteiger partial charge >= 0.3 is 0 Å². The zero-order valence-electron chi connectivity index (χ0n) is 9.16. The van der Waals surface area contributed by atoms with E-state index in [0.717, 1.165) is 25.2 Å². The molecule has 2 unspecified atom stereocenters. The molecule has 1 rings (SSSR count). The monoisotopic (exact) mass is 196 g/mol. The van der Waals surface area contributed by atoms with Gasteiger partial charge < -0.3 is 0 Å². The molecule has 0 aromatic rings. The number of hydrogen-bond acceptors (Lipinski definition) is 2. The highest BCUT2D eigenvalue weighted by Crippen LogP contribution is 2.36. The van der Waals surface area contributed by atoms with Gasteiger partial charge in [-0.3, -0.25) is 9.59 Å². The number of hydrogen-bond donors (Lipinski definition) is 0. The van der Waals surface area contributed by atoms with Crippen molar-refractivity contribution in [3.8, 4) is 0 Å². The molecular formula is C12H20O2. The minimum Gasteiger partial charge on any atom is -0.295 e. The third-order valence-corrected chi connectivity index (χ3v) is 3.40. The summed E-state index contributed by atoms with van der Waals surface area (Å²) in [5.74, 6) is 0.991. The second-order valence-corrected chi connectivity index (χ2v) is 4.53. The molecular weight excluding hydrogens is 176 g/mol. The molecule has 0 amide bonds. The van der Waals surface area contributed by atoms with E-state index in [9.17, 15) is 9.59 Å². The lowest BCUT2D eigenvalue weighted by Gasteiger charge is -2.19. The van der Waals surface area contributed by atoms with Crippen LogP contribution < -0.4 is 0 Å². The summed E-state index contributed by atoms with van der Waals surface area (Å²) in [4.78, 5) is 21.9. The van der Waals surface area contributed by atoms with E-state index in [2.05, 4.69) is 13.8 Å². The second-order valence-electron chi connectivity index (χ2n) is 4.53. The van der Waals surface area contributed by atoms with Crippen LogP contribution in [0.4, 0.5) is 0 Å². The van der Waals surface area contributed by atoms with E-state index < -0.39 is 0 Å². The Balaban J connectivity index is 2.41. The largest absolute Gasteiger partial charge is 0.295 e. The van der Waals surface area contributed by atoms with Crippen molar-refractivity contribution in [1.29, 1.82) is 0 Å². The topological polar surface area (TPSA) is 34.1 Å². The van der Waals surface area contributed by atoms with Gasteiger partial charge in [0.1, 0.15) is 0 Å². The Kier molecular flexibility index (Phi) is 4.30. The van der Waals surface area contributed by atoms with E-state index in [1.165, 1.54) is 12.8 Å². The number of ketones is 1. The first kappa shape index (κ1) is 11.4. The summed E-state index contributed by atoms with van der Waals surface area (Å²) in [6, 6.07) is 0. The molecule has 0 spiro atoms. The maximum atomic E-state index is 11.4. The summed E-state index contributed by atoms with van der Waals surface area (Å²) in [6.45, 7) is 4.14. The van der Waals surface area contributed by atoms with Gasteiger partial charge in [0.05, 0.1) is 0 Å². The molecule has 2 atom stereocenters. The lowest BCUT2D eigenvalue weighted by Crippen LogP contribution is -2.22. The highest BCUT2D eigenvalue weighted by atomic mass is 16.2. The molecule has 0 aliphatic heterocycles. The van der Waals surface area contributed by atoms with Gasteiger partial charge in [-0.1, -0.05) is 33.1 Å². The molecule has 1 aliphatic carbocycles. The first-order valence-electron chi connectivity index (χ1n) is 5.68. The number of rotatable bonds is 7. The Hall–Kier alpha value is -0.660. The van der Waals surface area contributed by atoms with Crippen molar-refractivity contribution in [3.05, 3.63) is 0 Å². The first-order valence-corrected chi connectivity index (χ1v) is 5.68. The summed E-state index contributed by atoms with van der Waals surface area (Å²) < 4.78 is 0. The van der Waals surface area contributed by atoms with Crippen LogP contribution in [0.25, 0.3) is 0 Å². The molecule has 14 heavy (non-hydrogen) atoms. The fraction of sp³-hybridized carbons (Fsp3) is 0.833. The molecule has 1 aliphatic rings. The van der Waals surface area contributed by atoms with Crippen LogP contribution >= 0.6 is 0 Å². The van der Waals surface area contributed by atoms with Crippen molar-refractivity contribution >= 4 is 12.1 Å². The zero-order chi connectivity index (χ0) is 10.6.